The van der Waals surface area contributed by atoms with Crippen LogP contribution in [0.15, 0.2) is 29.2 Å². The monoisotopic (exact) mass is 354 g/mol. The van der Waals surface area contributed by atoms with Crippen LogP contribution in [-0.4, -0.2) is 38.9 Å². The second-order valence-electron chi connectivity index (χ2n) is 6.40. The van der Waals surface area contributed by atoms with Gasteiger partial charge in [-0.2, -0.15) is 0 Å². The predicted octanol–water partition coefficient (Wildman–Crippen LogP) is 3.27. The van der Waals surface area contributed by atoms with Gasteiger partial charge in [-0.05, 0) is 43.4 Å². The Balaban J connectivity index is 2.94. The van der Waals surface area contributed by atoms with E-state index in [0.717, 1.165) is 19.3 Å². The second kappa shape index (κ2) is 9.79. The highest BCUT2D eigenvalue weighted by Crippen LogP contribution is 2.14. The molecule has 0 bridgehead atoms. The van der Waals surface area contributed by atoms with E-state index in [2.05, 4.69) is 4.72 Å². The van der Waals surface area contributed by atoms with Gasteiger partial charge >= 0.3 is 0 Å². The molecule has 6 heteroatoms. The van der Waals surface area contributed by atoms with Crippen LogP contribution in [0, 0.1) is 5.92 Å². The van der Waals surface area contributed by atoms with Crippen molar-refractivity contribution in [2.75, 3.05) is 19.6 Å². The van der Waals surface area contributed by atoms with Crippen molar-refractivity contribution in [3.63, 3.8) is 0 Å². The van der Waals surface area contributed by atoms with E-state index in [-0.39, 0.29) is 10.8 Å². The number of sulfonamides is 1. The Hall–Kier alpha value is -1.40. The van der Waals surface area contributed by atoms with Crippen LogP contribution < -0.4 is 4.72 Å². The van der Waals surface area contributed by atoms with Crippen LogP contribution in [0.5, 0.6) is 0 Å². The quantitative estimate of drug-likeness (QED) is 0.701. The number of rotatable bonds is 10. The standard InChI is InChI=1S/C18H30N2O3S/c1-5-12-20(13-6-2)18(21)16-8-7-9-17(14-16)24(22,23)19-11-10-15(3)4/h7-9,14-15,19H,5-6,10-13H2,1-4H3. The fourth-order valence-electron chi connectivity index (χ4n) is 2.40. The van der Waals surface area contributed by atoms with Gasteiger partial charge in [-0.25, -0.2) is 13.1 Å². The molecule has 0 saturated heterocycles. The Morgan fingerprint density at radius 3 is 2.33 bits per heavy atom. The van der Waals surface area contributed by atoms with E-state index in [1.807, 2.05) is 27.7 Å². The summed E-state index contributed by atoms with van der Waals surface area (Å²) in [4.78, 5) is 14.5. The third-order valence-electron chi connectivity index (χ3n) is 3.68. The lowest BCUT2D eigenvalue weighted by Gasteiger charge is -2.21. The first kappa shape index (κ1) is 20.6. The van der Waals surface area contributed by atoms with Crippen LogP contribution in [0.3, 0.4) is 0 Å². The van der Waals surface area contributed by atoms with E-state index >= 15 is 0 Å². The summed E-state index contributed by atoms with van der Waals surface area (Å²) >= 11 is 0. The number of carbonyl (C=O) groups is 1. The van der Waals surface area contributed by atoms with Gasteiger partial charge in [-0.1, -0.05) is 33.8 Å². The van der Waals surface area contributed by atoms with Crippen molar-refractivity contribution < 1.29 is 13.2 Å². The van der Waals surface area contributed by atoms with Gasteiger partial charge in [0.1, 0.15) is 0 Å². The van der Waals surface area contributed by atoms with E-state index in [1.54, 1.807) is 17.0 Å². The summed E-state index contributed by atoms with van der Waals surface area (Å²) in [6, 6.07) is 6.30. The lowest BCUT2D eigenvalue weighted by Crippen LogP contribution is -2.32. The van der Waals surface area contributed by atoms with Crippen LogP contribution in [0.4, 0.5) is 0 Å². The maximum atomic E-state index is 12.6. The first-order valence-corrected chi connectivity index (χ1v) is 10.2. The molecule has 0 aliphatic rings. The SMILES string of the molecule is CCCN(CCC)C(=O)c1cccc(S(=O)(=O)NCCC(C)C)c1. The fourth-order valence-corrected chi connectivity index (χ4v) is 3.49. The molecular weight excluding hydrogens is 324 g/mol. The molecule has 1 N–H and O–H groups in total. The molecule has 0 fully saturated rings. The van der Waals surface area contributed by atoms with Crippen molar-refractivity contribution in [1.29, 1.82) is 0 Å². The van der Waals surface area contributed by atoms with E-state index in [9.17, 15) is 13.2 Å². The number of hydrogen-bond acceptors (Lipinski definition) is 3. The lowest BCUT2D eigenvalue weighted by molar-refractivity contribution is 0.0755. The van der Waals surface area contributed by atoms with E-state index in [4.69, 9.17) is 0 Å². The van der Waals surface area contributed by atoms with Crippen molar-refractivity contribution in [2.24, 2.45) is 5.92 Å². The highest BCUT2D eigenvalue weighted by Gasteiger charge is 2.19. The third-order valence-corrected chi connectivity index (χ3v) is 5.14. The van der Waals surface area contributed by atoms with E-state index in [1.165, 1.54) is 12.1 Å². The molecule has 1 aromatic carbocycles. The van der Waals surface area contributed by atoms with Gasteiger partial charge in [-0.3, -0.25) is 4.79 Å². The summed E-state index contributed by atoms with van der Waals surface area (Å²) < 4.78 is 27.3. The average molecular weight is 355 g/mol. The number of nitrogens with zero attached hydrogens (tertiary/aromatic N) is 1. The molecule has 5 nitrogen and oxygen atoms in total. The summed E-state index contributed by atoms with van der Waals surface area (Å²) in [6.45, 7) is 9.89. The molecule has 24 heavy (non-hydrogen) atoms. The minimum absolute atomic E-state index is 0.113. The molecule has 0 saturated carbocycles. The normalized spacial score (nSPS) is 11.7. The molecule has 0 heterocycles. The molecule has 1 amide bonds. The summed E-state index contributed by atoms with van der Waals surface area (Å²) in [5, 5.41) is 0. The number of amides is 1. The summed E-state index contributed by atoms with van der Waals surface area (Å²) in [6.07, 6.45) is 2.53. The molecule has 136 valence electrons. The molecule has 0 spiro atoms. The Kier molecular flexibility index (Phi) is 8.42. The van der Waals surface area contributed by atoms with Gasteiger partial charge < -0.3 is 4.90 Å². The molecule has 0 aliphatic heterocycles. The Morgan fingerprint density at radius 1 is 1.17 bits per heavy atom. The van der Waals surface area contributed by atoms with E-state index in [0.29, 0.717) is 31.1 Å². The Labute approximate surface area is 146 Å². The fraction of sp³-hybridized carbons (Fsp3) is 0.611. The maximum absolute atomic E-state index is 12.6. The average Bonchev–Trinajstić information content (AvgIpc) is 2.53. The summed E-state index contributed by atoms with van der Waals surface area (Å²) in [5.74, 6) is 0.315. The summed E-state index contributed by atoms with van der Waals surface area (Å²) in [5.41, 5.74) is 0.420. The highest BCUT2D eigenvalue weighted by molar-refractivity contribution is 7.89. The van der Waals surface area contributed by atoms with Crippen LogP contribution in [0.25, 0.3) is 0 Å². The van der Waals surface area contributed by atoms with Crippen molar-refractivity contribution in [1.82, 2.24) is 9.62 Å². The number of nitrogens with one attached hydrogen (secondary N) is 1. The van der Waals surface area contributed by atoms with E-state index < -0.39 is 10.0 Å². The topological polar surface area (TPSA) is 66.5 Å². The lowest BCUT2D eigenvalue weighted by atomic mass is 10.1. The van der Waals surface area contributed by atoms with Gasteiger partial charge in [-0.15, -0.1) is 0 Å². The minimum atomic E-state index is -3.58. The second-order valence-corrected chi connectivity index (χ2v) is 8.17. The van der Waals surface area contributed by atoms with Crippen LogP contribution in [0.2, 0.25) is 0 Å². The molecule has 0 atom stereocenters. The number of hydrogen-bond donors (Lipinski definition) is 1. The van der Waals surface area contributed by atoms with Gasteiger partial charge in [0.05, 0.1) is 4.90 Å². The van der Waals surface area contributed by atoms with Gasteiger partial charge in [0, 0.05) is 25.2 Å². The number of carbonyl (C=O) groups excluding carboxylic acids is 1. The molecule has 0 aliphatic carbocycles. The molecule has 0 unspecified atom stereocenters. The maximum Gasteiger partial charge on any atom is 0.253 e. The highest BCUT2D eigenvalue weighted by atomic mass is 32.2. The summed E-state index contributed by atoms with van der Waals surface area (Å²) in [7, 11) is -3.58. The van der Waals surface area contributed by atoms with Crippen LogP contribution >= 0.6 is 0 Å². The van der Waals surface area contributed by atoms with Crippen LogP contribution in [0.1, 0.15) is 57.3 Å². The van der Waals surface area contributed by atoms with Gasteiger partial charge in [0.25, 0.3) is 5.91 Å². The molecule has 1 rings (SSSR count). The van der Waals surface area contributed by atoms with Gasteiger partial charge in [0.2, 0.25) is 10.0 Å². The molecular formula is C18H30N2O3S. The minimum Gasteiger partial charge on any atom is -0.339 e. The smallest absolute Gasteiger partial charge is 0.253 e. The third kappa shape index (κ3) is 6.24. The zero-order valence-electron chi connectivity index (χ0n) is 15.2. The first-order valence-electron chi connectivity index (χ1n) is 8.70. The zero-order chi connectivity index (χ0) is 18.2. The molecule has 0 radical (unpaired) electrons. The van der Waals surface area contributed by atoms with Crippen molar-refractivity contribution in [3.05, 3.63) is 29.8 Å². The zero-order valence-corrected chi connectivity index (χ0v) is 16.0. The van der Waals surface area contributed by atoms with Gasteiger partial charge in [0.15, 0.2) is 0 Å². The largest absolute Gasteiger partial charge is 0.339 e. The Morgan fingerprint density at radius 2 is 1.79 bits per heavy atom. The van der Waals surface area contributed by atoms with Crippen LogP contribution in [-0.2, 0) is 10.0 Å². The molecule has 0 aromatic heterocycles. The first-order chi connectivity index (χ1) is 11.3. The molecule has 1 aromatic rings. The van der Waals surface area contributed by atoms with Crippen molar-refractivity contribution in [2.45, 2.75) is 51.9 Å². The number of benzene rings is 1. The predicted molar refractivity (Wildman–Crippen MR) is 97.6 cm³/mol. The van der Waals surface area contributed by atoms with Crippen molar-refractivity contribution in [3.8, 4) is 0 Å². The Bertz CT molecular complexity index is 621. The van der Waals surface area contributed by atoms with Crippen molar-refractivity contribution >= 4 is 15.9 Å².